The van der Waals surface area contributed by atoms with Crippen molar-refractivity contribution >= 4 is 11.6 Å². The lowest BCUT2D eigenvalue weighted by Gasteiger charge is -2.36. The van der Waals surface area contributed by atoms with Crippen molar-refractivity contribution in [3.05, 3.63) is 89.8 Å². The lowest BCUT2D eigenvalue weighted by Crippen LogP contribution is -2.49. The van der Waals surface area contributed by atoms with E-state index in [-0.39, 0.29) is 5.91 Å². The second kappa shape index (κ2) is 8.98. The summed E-state index contributed by atoms with van der Waals surface area (Å²) in [6.07, 6.45) is -2.84. The fourth-order valence-corrected chi connectivity index (χ4v) is 4.24. The van der Waals surface area contributed by atoms with Crippen molar-refractivity contribution in [1.29, 1.82) is 0 Å². The fourth-order valence-electron chi connectivity index (χ4n) is 4.24. The molecule has 0 atom stereocenters. The molecule has 35 heavy (non-hydrogen) atoms. The molecule has 0 aliphatic carbocycles. The van der Waals surface area contributed by atoms with Crippen LogP contribution >= 0.6 is 0 Å². The van der Waals surface area contributed by atoms with Crippen LogP contribution in [0.4, 0.5) is 18.9 Å². The summed E-state index contributed by atoms with van der Waals surface area (Å²) in [5.41, 5.74) is 2.55. The van der Waals surface area contributed by atoms with Crippen LogP contribution in [0.15, 0.2) is 77.4 Å². The van der Waals surface area contributed by atoms with Gasteiger partial charge in [0.15, 0.2) is 5.76 Å². The van der Waals surface area contributed by atoms with Crippen LogP contribution in [0.1, 0.15) is 21.6 Å². The van der Waals surface area contributed by atoms with Gasteiger partial charge < -0.3 is 14.2 Å². The molecule has 1 aliphatic rings. The third kappa shape index (κ3) is 4.66. The van der Waals surface area contributed by atoms with Gasteiger partial charge in [0, 0.05) is 37.9 Å². The minimum absolute atomic E-state index is 0.194. The number of furan rings is 1. The highest BCUT2D eigenvalue weighted by molar-refractivity contribution is 5.94. The van der Waals surface area contributed by atoms with E-state index < -0.39 is 11.7 Å². The Hall–Kier alpha value is -4.01. The summed E-state index contributed by atoms with van der Waals surface area (Å²) in [5.74, 6) is 0.361. The first-order chi connectivity index (χ1) is 16.8. The molecule has 2 aromatic heterocycles. The first kappa shape index (κ1) is 22.8. The summed E-state index contributed by atoms with van der Waals surface area (Å²) in [4.78, 5) is 17.1. The number of piperazine rings is 1. The average Bonchev–Trinajstić information content (AvgIpc) is 3.54. The fraction of sp³-hybridized carbons (Fsp3) is 0.231. The van der Waals surface area contributed by atoms with Gasteiger partial charge in [0.05, 0.1) is 17.5 Å². The summed E-state index contributed by atoms with van der Waals surface area (Å²) in [6, 6.07) is 18.2. The Bertz CT molecular complexity index is 1340. The Morgan fingerprint density at radius 1 is 0.914 bits per heavy atom. The highest BCUT2D eigenvalue weighted by Crippen LogP contribution is 2.32. The molecular formula is C26H23F3N4O2. The maximum atomic E-state index is 13.6. The molecule has 0 bridgehead atoms. The van der Waals surface area contributed by atoms with Crippen molar-refractivity contribution in [2.24, 2.45) is 0 Å². The number of amides is 1. The van der Waals surface area contributed by atoms with E-state index in [1.165, 1.54) is 6.07 Å². The van der Waals surface area contributed by atoms with Gasteiger partial charge in [0.2, 0.25) is 0 Å². The van der Waals surface area contributed by atoms with Gasteiger partial charge in [-0.25, -0.2) is 4.68 Å². The van der Waals surface area contributed by atoms with Crippen LogP contribution in [0.3, 0.4) is 0 Å². The first-order valence-corrected chi connectivity index (χ1v) is 11.2. The number of carbonyl (C=O) groups excluding carboxylic acids is 1. The SMILES string of the molecule is Cc1cccc(-n2nc(-c3ccco3)cc2C(=O)N2CCN(c3cccc(C(F)(F)F)c3)CC2)c1. The first-order valence-electron chi connectivity index (χ1n) is 11.2. The third-order valence-electron chi connectivity index (χ3n) is 6.05. The molecule has 1 fully saturated rings. The van der Waals surface area contributed by atoms with Gasteiger partial charge in [-0.15, -0.1) is 0 Å². The molecule has 3 heterocycles. The van der Waals surface area contributed by atoms with E-state index in [4.69, 9.17) is 4.42 Å². The topological polar surface area (TPSA) is 54.5 Å². The van der Waals surface area contributed by atoms with Crippen molar-refractivity contribution in [3.8, 4) is 17.1 Å². The normalized spacial score (nSPS) is 14.4. The van der Waals surface area contributed by atoms with Crippen molar-refractivity contribution in [2.75, 3.05) is 31.1 Å². The molecule has 6 nitrogen and oxygen atoms in total. The average molecular weight is 480 g/mol. The van der Waals surface area contributed by atoms with Crippen LogP contribution < -0.4 is 4.90 Å². The number of hydrogen-bond donors (Lipinski definition) is 0. The van der Waals surface area contributed by atoms with E-state index in [2.05, 4.69) is 5.10 Å². The van der Waals surface area contributed by atoms with Crippen LogP contribution in [-0.4, -0.2) is 46.8 Å². The van der Waals surface area contributed by atoms with E-state index in [0.29, 0.717) is 49.0 Å². The molecule has 180 valence electrons. The van der Waals surface area contributed by atoms with Gasteiger partial charge in [-0.05, 0) is 55.0 Å². The van der Waals surface area contributed by atoms with Crippen LogP contribution in [0.5, 0.6) is 0 Å². The molecule has 4 aromatic rings. The van der Waals surface area contributed by atoms with Gasteiger partial charge >= 0.3 is 6.18 Å². The molecule has 1 aliphatic heterocycles. The Kier molecular flexibility index (Phi) is 5.84. The number of halogens is 3. The summed E-state index contributed by atoms with van der Waals surface area (Å²) in [5, 5.41) is 4.63. The molecule has 0 saturated carbocycles. The van der Waals surface area contributed by atoms with E-state index >= 15 is 0 Å². The van der Waals surface area contributed by atoms with Crippen molar-refractivity contribution in [1.82, 2.24) is 14.7 Å². The second-order valence-electron chi connectivity index (χ2n) is 8.47. The van der Waals surface area contributed by atoms with Crippen molar-refractivity contribution in [3.63, 3.8) is 0 Å². The zero-order valence-corrected chi connectivity index (χ0v) is 19.0. The number of nitrogens with zero attached hydrogens (tertiary/aromatic N) is 4. The zero-order chi connectivity index (χ0) is 24.6. The molecule has 1 amide bonds. The summed E-state index contributed by atoms with van der Waals surface area (Å²) in [7, 11) is 0. The number of carbonyl (C=O) groups is 1. The summed E-state index contributed by atoms with van der Waals surface area (Å²) < 4.78 is 46.4. The second-order valence-corrected chi connectivity index (χ2v) is 8.47. The van der Waals surface area contributed by atoms with E-state index in [1.54, 1.807) is 40.1 Å². The highest BCUT2D eigenvalue weighted by atomic mass is 19.4. The molecule has 9 heteroatoms. The molecule has 5 rings (SSSR count). The molecular weight excluding hydrogens is 457 g/mol. The molecule has 0 unspecified atom stereocenters. The van der Waals surface area contributed by atoms with Gasteiger partial charge in [-0.1, -0.05) is 18.2 Å². The summed E-state index contributed by atoms with van der Waals surface area (Å²) in [6.45, 7) is 3.58. The van der Waals surface area contributed by atoms with E-state index in [9.17, 15) is 18.0 Å². The number of aromatic nitrogens is 2. The number of anilines is 1. The molecule has 2 aromatic carbocycles. The van der Waals surface area contributed by atoms with Crippen LogP contribution in [-0.2, 0) is 6.18 Å². The van der Waals surface area contributed by atoms with Crippen molar-refractivity contribution < 1.29 is 22.4 Å². The molecule has 0 spiro atoms. The Morgan fingerprint density at radius 2 is 1.66 bits per heavy atom. The maximum Gasteiger partial charge on any atom is 0.416 e. The quantitative estimate of drug-likeness (QED) is 0.391. The number of alkyl halides is 3. The van der Waals surface area contributed by atoms with Crippen LogP contribution in [0.25, 0.3) is 17.1 Å². The maximum absolute atomic E-state index is 13.6. The van der Waals surface area contributed by atoms with Gasteiger partial charge in [0.1, 0.15) is 11.4 Å². The highest BCUT2D eigenvalue weighted by Gasteiger charge is 2.32. The minimum atomic E-state index is -4.40. The Morgan fingerprint density at radius 3 is 2.34 bits per heavy atom. The number of rotatable bonds is 4. The standard InChI is InChI=1S/C26H23F3N4O2/c1-18-5-2-8-21(15-18)33-23(17-22(30-33)24-9-4-14-35-24)25(34)32-12-10-31(11-13-32)20-7-3-6-19(16-20)26(27,28)29/h2-9,14-17H,10-13H2,1H3. The predicted molar refractivity (Wildman–Crippen MR) is 126 cm³/mol. The lowest BCUT2D eigenvalue weighted by molar-refractivity contribution is -0.137. The minimum Gasteiger partial charge on any atom is -0.463 e. The van der Waals surface area contributed by atoms with Gasteiger partial charge in [0.25, 0.3) is 5.91 Å². The predicted octanol–water partition coefficient (Wildman–Crippen LogP) is 5.42. The Labute approximate surface area is 200 Å². The number of hydrogen-bond acceptors (Lipinski definition) is 4. The summed E-state index contributed by atoms with van der Waals surface area (Å²) >= 11 is 0. The van der Waals surface area contributed by atoms with Crippen molar-refractivity contribution in [2.45, 2.75) is 13.1 Å². The van der Waals surface area contributed by atoms with Crippen LogP contribution in [0.2, 0.25) is 0 Å². The van der Waals surface area contributed by atoms with Crippen LogP contribution in [0, 0.1) is 6.92 Å². The molecule has 0 radical (unpaired) electrons. The lowest BCUT2D eigenvalue weighted by atomic mass is 10.1. The zero-order valence-electron chi connectivity index (χ0n) is 19.0. The molecule has 1 saturated heterocycles. The van der Waals surface area contributed by atoms with E-state index in [1.807, 2.05) is 36.1 Å². The van der Waals surface area contributed by atoms with Gasteiger partial charge in [-0.3, -0.25) is 4.79 Å². The van der Waals surface area contributed by atoms with Gasteiger partial charge in [-0.2, -0.15) is 18.3 Å². The molecule has 0 N–H and O–H groups in total. The largest absolute Gasteiger partial charge is 0.463 e. The third-order valence-corrected chi connectivity index (χ3v) is 6.05. The smallest absolute Gasteiger partial charge is 0.416 e. The number of aryl methyl sites for hydroxylation is 1. The number of benzene rings is 2. The van der Waals surface area contributed by atoms with E-state index in [0.717, 1.165) is 23.4 Å². The monoisotopic (exact) mass is 480 g/mol. The Balaban J connectivity index is 1.38.